The van der Waals surface area contributed by atoms with Crippen molar-refractivity contribution in [3.63, 3.8) is 0 Å². The summed E-state index contributed by atoms with van der Waals surface area (Å²) in [7, 11) is 0. The van der Waals surface area contributed by atoms with E-state index in [0.29, 0.717) is 0 Å². The lowest BCUT2D eigenvalue weighted by molar-refractivity contribution is -0.127. The van der Waals surface area contributed by atoms with E-state index in [2.05, 4.69) is 5.32 Å². The Labute approximate surface area is 84.2 Å². The van der Waals surface area contributed by atoms with Crippen LogP contribution in [0.15, 0.2) is 0 Å². The van der Waals surface area contributed by atoms with Crippen LogP contribution in [0, 0.1) is 5.92 Å². The van der Waals surface area contributed by atoms with Gasteiger partial charge in [-0.25, -0.2) is 0 Å². The summed E-state index contributed by atoms with van der Waals surface area (Å²) >= 11 is 0. The molecule has 3 N–H and O–H groups in total. The molecule has 4 heteroatoms. The summed E-state index contributed by atoms with van der Waals surface area (Å²) < 4.78 is 0. The average molecular weight is 198 g/mol. The minimum Gasteiger partial charge on any atom is -0.368 e. The Morgan fingerprint density at radius 3 is 2.29 bits per heavy atom. The van der Waals surface area contributed by atoms with E-state index in [-0.39, 0.29) is 11.8 Å². The Kier molecular flexibility index (Phi) is 3.92. The van der Waals surface area contributed by atoms with Crippen LogP contribution in [-0.4, -0.2) is 17.9 Å². The fraction of sp³-hybridized carbons (Fsp3) is 0.800. The predicted octanol–water partition coefficient (Wildman–Crippen LogP) is 0.557. The van der Waals surface area contributed by atoms with E-state index >= 15 is 0 Å². The number of amides is 2. The maximum Gasteiger partial charge on any atom is 0.240 e. The topological polar surface area (TPSA) is 72.2 Å². The molecule has 0 aromatic rings. The fourth-order valence-electron chi connectivity index (χ4n) is 2.11. The molecule has 0 aromatic carbocycles. The number of carbonyl (C=O) groups is 2. The van der Waals surface area contributed by atoms with E-state index in [1.165, 1.54) is 13.3 Å². The Hall–Kier alpha value is -1.06. The fourth-order valence-corrected chi connectivity index (χ4v) is 2.11. The molecule has 1 aliphatic carbocycles. The predicted molar refractivity (Wildman–Crippen MR) is 53.4 cm³/mol. The highest BCUT2D eigenvalue weighted by atomic mass is 16.2. The zero-order valence-corrected chi connectivity index (χ0v) is 8.58. The molecule has 0 unspecified atom stereocenters. The Morgan fingerprint density at radius 1 is 1.29 bits per heavy atom. The molecule has 2 amide bonds. The van der Waals surface area contributed by atoms with Crippen molar-refractivity contribution < 1.29 is 9.59 Å². The zero-order valence-electron chi connectivity index (χ0n) is 8.58. The smallest absolute Gasteiger partial charge is 0.240 e. The summed E-state index contributed by atoms with van der Waals surface area (Å²) in [5.41, 5.74) is 5.26. The molecular weight excluding hydrogens is 180 g/mol. The van der Waals surface area contributed by atoms with Crippen molar-refractivity contribution in [2.24, 2.45) is 11.7 Å². The lowest BCUT2D eigenvalue weighted by Crippen LogP contribution is -2.48. The summed E-state index contributed by atoms with van der Waals surface area (Å²) in [6.07, 6.45) is 5.48. The van der Waals surface area contributed by atoms with Crippen molar-refractivity contribution >= 4 is 11.8 Å². The van der Waals surface area contributed by atoms with E-state index in [1.807, 2.05) is 0 Å². The molecule has 0 heterocycles. The third-order valence-electron chi connectivity index (χ3n) is 2.79. The molecule has 1 fully saturated rings. The second kappa shape index (κ2) is 4.98. The molecule has 0 aliphatic heterocycles. The molecule has 1 atom stereocenters. The molecule has 0 aromatic heterocycles. The van der Waals surface area contributed by atoms with Crippen LogP contribution in [-0.2, 0) is 9.59 Å². The van der Waals surface area contributed by atoms with Crippen LogP contribution < -0.4 is 11.1 Å². The normalized spacial score (nSPS) is 20.1. The molecule has 0 saturated heterocycles. The summed E-state index contributed by atoms with van der Waals surface area (Å²) in [5, 5.41) is 2.64. The molecular formula is C10H18N2O2. The van der Waals surface area contributed by atoms with E-state index in [1.54, 1.807) is 0 Å². The van der Waals surface area contributed by atoms with E-state index in [0.717, 1.165) is 25.7 Å². The van der Waals surface area contributed by atoms with Gasteiger partial charge in [0.1, 0.15) is 6.04 Å². The zero-order chi connectivity index (χ0) is 10.6. The van der Waals surface area contributed by atoms with Crippen molar-refractivity contribution in [1.82, 2.24) is 5.32 Å². The molecule has 0 spiro atoms. The van der Waals surface area contributed by atoms with E-state index < -0.39 is 11.9 Å². The second-order valence-electron chi connectivity index (χ2n) is 3.98. The number of nitrogens with two attached hydrogens (primary N) is 1. The molecule has 0 radical (unpaired) electrons. The van der Waals surface area contributed by atoms with Gasteiger partial charge in [-0.15, -0.1) is 0 Å². The van der Waals surface area contributed by atoms with Gasteiger partial charge in [0, 0.05) is 6.92 Å². The summed E-state index contributed by atoms with van der Waals surface area (Å²) in [5.74, 6) is -0.350. The summed E-state index contributed by atoms with van der Waals surface area (Å²) in [6, 6.07) is -0.465. The molecule has 1 rings (SSSR count). The maximum absolute atomic E-state index is 11.1. The largest absolute Gasteiger partial charge is 0.368 e. The van der Waals surface area contributed by atoms with Gasteiger partial charge in [-0.1, -0.05) is 19.3 Å². The van der Waals surface area contributed by atoms with Crippen molar-refractivity contribution in [1.29, 1.82) is 0 Å². The third-order valence-corrected chi connectivity index (χ3v) is 2.79. The molecule has 1 aliphatic rings. The Morgan fingerprint density at radius 2 is 1.86 bits per heavy atom. The number of nitrogens with one attached hydrogen (secondary N) is 1. The lowest BCUT2D eigenvalue weighted by atomic mass is 9.83. The van der Waals surface area contributed by atoms with Gasteiger partial charge in [0.05, 0.1) is 0 Å². The quantitative estimate of drug-likeness (QED) is 0.695. The number of hydrogen-bond donors (Lipinski definition) is 2. The Bertz CT molecular complexity index is 222. The lowest BCUT2D eigenvalue weighted by Gasteiger charge is -2.28. The van der Waals surface area contributed by atoms with Crippen LogP contribution in [0.25, 0.3) is 0 Å². The molecule has 1 saturated carbocycles. The van der Waals surface area contributed by atoms with Crippen LogP contribution >= 0.6 is 0 Å². The van der Waals surface area contributed by atoms with Crippen molar-refractivity contribution in [3.05, 3.63) is 0 Å². The molecule has 14 heavy (non-hydrogen) atoms. The monoisotopic (exact) mass is 198 g/mol. The number of carbonyl (C=O) groups excluding carboxylic acids is 2. The third kappa shape index (κ3) is 3.01. The van der Waals surface area contributed by atoms with Gasteiger partial charge in [-0.3, -0.25) is 9.59 Å². The average Bonchev–Trinajstić information content (AvgIpc) is 2.15. The van der Waals surface area contributed by atoms with Crippen LogP contribution in [0.2, 0.25) is 0 Å². The van der Waals surface area contributed by atoms with Crippen LogP contribution in [0.3, 0.4) is 0 Å². The number of rotatable bonds is 3. The highest BCUT2D eigenvalue weighted by Crippen LogP contribution is 2.26. The number of primary amides is 1. The molecule has 4 nitrogen and oxygen atoms in total. The number of hydrogen-bond acceptors (Lipinski definition) is 2. The Balaban J connectivity index is 2.56. The van der Waals surface area contributed by atoms with Gasteiger partial charge in [0.15, 0.2) is 0 Å². The highest BCUT2D eigenvalue weighted by molar-refractivity contribution is 5.85. The van der Waals surface area contributed by atoms with Crippen molar-refractivity contribution in [2.75, 3.05) is 0 Å². The first kappa shape index (κ1) is 11.0. The van der Waals surface area contributed by atoms with Crippen LogP contribution in [0.4, 0.5) is 0 Å². The maximum atomic E-state index is 11.1. The van der Waals surface area contributed by atoms with Gasteiger partial charge in [0.2, 0.25) is 11.8 Å². The van der Waals surface area contributed by atoms with E-state index in [9.17, 15) is 9.59 Å². The van der Waals surface area contributed by atoms with Crippen molar-refractivity contribution in [3.8, 4) is 0 Å². The minimum absolute atomic E-state index is 0.181. The van der Waals surface area contributed by atoms with Gasteiger partial charge in [-0.2, -0.15) is 0 Å². The summed E-state index contributed by atoms with van der Waals surface area (Å²) in [4.78, 5) is 22.0. The van der Waals surface area contributed by atoms with Gasteiger partial charge >= 0.3 is 0 Å². The molecule has 80 valence electrons. The minimum atomic E-state index is -0.465. The van der Waals surface area contributed by atoms with Crippen LogP contribution in [0.5, 0.6) is 0 Å². The van der Waals surface area contributed by atoms with Gasteiger partial charge < -0.3 is 11.1 Å². The molecule has 0 bridgehead atoms. The SMILES string of the molecule is CC(=O)N[C@@H](C(N)=O)C1CCCCC1. The first-order valence-corrected chi connectivity index (χ1v) is 5.17. The van der Waals surface area contributed by atoms with Gasteiger partial charge in [-0.05, 0) is 18.8 Å². The van der Waals surface area contributed by atoms with E-state index in [4.69, 9.17) is 5.73 Å². The van der Waals surface area contributed by atoms with Gasteiger partial charge in [0.25, 0.3) is 0 Å². The highest BCUT2D eigenvalue weighted by Gasteiger charge is 2.28. The first-order valence-electron chi connectivity index (χ1n) is 5.17. The summed E-state index contributed by atoms with van der Waals surface area (Å²) in [6.45, 7) is 1.42. The van der Waals surface area contributed by atoms with Crippen molar-refractivity contribution in [2.45, 2.75) is 45.1 Å². The van der Waals surface area contributed by atoms with Crippen LogP contribution in [0.1, 0.15) is 39.0 Å². The second-order valence-corrected chi connectivity index (χ2v) is 3.98. The first-order chi connectivity index (χ1) is 6.61. The standard InChI is InChI=1S/C10H18N2O2/c1-7(13)12-9(10(11)14)8-5-3-2-4-6-8/h8-9H,2-6H2,1H3,(H2,11,14)(H,12,13)/t9-/m1/s1.